The minimum atomic E-state index is -1.60. The number of rotatable bonds is 5. The summed E-state index contributed by atoms with van der Waals surface area (Å²) in [6.45, 7) is -0.519. The lowest BCUT2D eigenvalue weighted by Gasteiger charge is -2.38. The predicted octanol–water partition coefficient (Wildman–Crippen LogP) is 2.51. The molecule has 13 heteroatoms. The summed E-state index contributed by atoms with van der Waals surface area (Å²) in [5, 5.41) is 36.5. The predicted molar refractivity (Wildman–Crippen MR) is 111 cm³/mol. The maximum absolute atomic E-state index is 13.7. The number of halogens is 4. The fourth-order valence-electron chi connectivity index (χ4n) is 4.07. The molecule has 35 heavy (non-hydrogen) atoms. The van der Waals surface area contributed by atoms with Crippen LogP contribution in [0.25, 0.3) is 16.9 Å². The van der Waals surface area contributed by atoms with Crippen molar-refractivity contribution in [3.8, 4) is 16.9 Å². The Bertz CT molecular complexity index is 1320. The number of aliphatic hydroxyl groups excluding tert-OH is 2. The van der Waals surface area contributed by atoms with Crippen molar-refractivity contribution in [2.24, 2.45) is 0 Å². The fourth-order valence-corrected chi connectivity index (χ4v) is 4.07. The van der Waals surface area contributed by atoms with E-state index in [1.54, 1.807) is 4.57 Å². The highest BCUT2D eigenvalue weighted by Gasteiger charge is 2.41. The van der Waals surface area contributed by atoms with Crippen LogP contribution in [0.1, 0.15) is 24.4 Å². The van der Waals surface area contributed by atoms with Crippen LogP contribution in [0.15, 0.2) is 48.9 Å². The highest BCUT2D eigenvalue weighted by Crippen LogP contribution is 2.38. The summed E-state index contributed by atoms with van der Waals surface area (Å²) in [6.07, 6.45) is -0.110. The first-order valence-corrected chi connectivity index (χ1v) is 10.5. The second-order valence-corrected chi connectivity index (χ2v) is 8.01. The maximum atomic E-state index is 13.7. The number of benzene rings is 2. The standard InChI is InChI=1S/C22H18F4N6O3/c23-12-1-3-13(4-2-12)31-10-27-29-22(31)18-7-17(21(34)19(9-33)35-18)32-8-16(28-30-32)11-5-14(24)20(26)15(25)6-11/h1-6,8,10,17-19,21,33-34H,7,9H2. The molecule has 4 unspecified atom stereocenters. The van der Waals surface area contributed by atoms with Gasteiger partial charge in [-0.1, -0.05) is 5.21 Å². The Hall–Kier alpha value is -3.68. The van der Waals surface area contributed by atoms with E-state index in [0.717, 1.165) is 12.1 Å². The first-order valence-electron chi connectivity index (χ1n) is 10.5. The van der Waals surface area contributed by atoms with Crippen molar-refractivity contribution < 1.29 is 32.5 Å². The van der Waals surface area contributed by atoms with E-state index < -0.39 is 54.2 Å². The van der Waals surface area contributed by atoms with Gasteiger partial charge in [-0.15, -0.1) is 15.3 Å². The molecule has 2 N–H and O–H groups in total. The molecule has 0 radical (unpaired) electrons. The van der Waals surface area contributed by atoms with Gasteiger partial charge in [-0.05, 0) is 36.4 Å². The zero-order valence-corrected chi connectivity index (χ0v) is 17.8. The smallest absolute Gasteiger partial charge is 0.194 e. The zero-order valence-electron chi connectivity index (χ0n) is 17.8. The van der Waals surface area contributed by atoms with Gasteiger partial charge in [-0.25, -0.2) is 22.2 Å². The van der Waals surface area contributed by atoms with E-state index in [9.17, 15) is 27.8 Å². The van der Waals surface area contributed by atoms with Crippen molar-refractivity contribution in [1.29, 1.82) is 0 Å². The van der Waals surface area contributed by atoms with Crippen molar-refractivity contribution in [3.05, 3.63) is 78.0 Å². The molecule has 0 spiro atoms. The molecule has 9 nitrogen and oxygen atoms in total. The molecule has 1 aliphatic heterocycles. The number of hydrogen-bond acceptors (Lipinski definition) is 7. The lowest BCUT2D eigenvalue weighted by molar-refractivity contribution is -0.161. The SMILES string of the molecule is OCC1OC(c2nncn2-c2ccc(F)cc2)CC(n2cc(-c3cc(F)c(F)c(F)c3)nn2)C1O. The molecule has 4 atom stereocenters. The Kier molecular flexibility index (Phi) is 6.05. The van der Waals surface area contributed by atoms with Crippen LogP contribution in [0.2, 0.25) is 0 Å². The minimum Gasteiger partial charge on any atom is -0.394 e. The molecule has 0 bridgehead atoms. The fraction of sp³-hybridized carbons (Fsp3) is 0.273. The summed E-state index contributed by atoms with van der Waals surface area (Å²) in [6, 6.07) is 6.43. The Labute approximate surface area is 195 Å². The molecular formula is C22H18F4N6O3. The van der Waals surface area contributed by atoms with Crippen LogP contribution in [0.3, 0.4) is 0 Å². The van der Waals surface area contributed by atoms with E-state index in [1.165, 1.54) is 41.5 Å². The summed E-state index contributed by atoms with van der Waals surface area (Å²) in [5.74, 6) is -4.42. The summed E-state index contributed by atoms with van der Waals surface area (Å²) < 4.78 is 62.7. The van der Waals surface area contributed by atoms with Gasteiger partial charge in [0.05, 0.1) is 18.8 Å². The van der Waals surface area contributed by atoms with Crippen molar-refractivity contribution >= 4 is 0 Å². The van der Waals surface area contributed by atoms with Crippen molar-refractivity contribution in [2.75, 3.05) is 6.61 Å². The lowest BCUT2D eigenvalue weighted by Crippen LogP contribution is -2.45. The molecule has 2 aromatic carbocycles. The average Bonchev–Trinajstić information content (AvgIpc) is 3.53. The van der Waals surface area contributed by atoms with Gasteiger partial charge in [-0.3, -0.25) is 4.57 Å². The van der Waals surface area contributed by atoms with Crippen LogP contribution < -0.4 is 0 Å². The van der Waals surface area contributed by atoms with E-state index in [1.807, 2.05) is 0 Å². The van der Waals surface area contributed by atoms with Crippen molar-refractivity contribution in [1.82, 2.24) is 29.8 Å². The Balaban J connectivity index is 1.46. The zero-order chi connectivity index (χ0) is 24.7. The summed E-state index contributed by atoms with van der Waals surface area (Å²) in [4.78, 5) is 0. The molecule has 1 fully saturated rings. The van der Waals surface area contributed by atoms with Crippen LogP contribution in [-0.2, 0) is 4.74 Å². The van der Waals surface area contributed by atoms with Gasteiger partial charge in [-0.2, -0.15) is 0 Å². The van der Waals surface area contributed by atoms with Gasteiger partial charge >= 0.3 is 0 Å². The molecule has 0 aliphatic carbocycles. The van der Waals surface area contributed by atoms with E-state index in [4.69, 9.17) is 4.74 Å². The first kappa shape index (κ1) is 23.1. The summed E-state index contributed by atoms with van der Waals surface area (Å²) in [7, 11) is 0. The van der Waals surface area contributed by atoms with Crippen molar-refractivity contribution in [3.63, 3.8) is 0 Å². The normalized spacial score (nSPS) is 22.5. The third-order valence-corrected chi connectivity index (χ3v) is 5.85. The molecule has 1 saturated heterocycles. The summed E-state index contributed by atoms with van der Waals surface area (Å²) in [5.41, 5.74) is 0.579. The molecule has 182 valence electrons. The Morgan fingerprint density at radius 3 is 2.43 bits per heavy atom. The molecule has 3 heterocycles. The molecular weight excluding hydrogens is 472 g/mol. The van der Waals surface area contributed by atoms with E-state index in [2.05, 4.69) is 20.5 Å². The number of nitrogens with zero attached hydrogens (tertiary/aromatic N) is 6. The second-order valence-electron chi connectivity index (χ2n) is 8.01. The molecule has 2 aromatic heterocycles. The van der Waals surface area contributed by atoms with Gasteiger partial charge < -0.3 is 14.9 Å². The van der Waals surface area contributed by atoms with Crippen LogP contribution in [0.5, 0.6) is 0 Å². The largest absolute Gasteiger partial charge is 0.394 e. The number of aliphatic hydroxyl groups is 2. The van der Waals surface area contributed by atoms with E-state index in [0.29, 0.717) is 11.5 Å². The maximum Gasteiger partial charge on any atom is 0.194 e. The summed E-state index contributed by atoms with van der Waals surface area (Å²) >= 11 is 0. The monoisotopic (exact) mass is 490 g/mol. The molecule has 4 aromatic rings. The highest BCUT2D eigenvalue weighted by molar-refractivity contribution is 5.57. The van der Waals surface area contributed by atoms with E-state index in [-0.39, 0.29) is 17.7 Å². The van der Waals surface area contributed by atoms with Gasteiger partial charge in [0.1, 0.15) is 36.2 Å². The first-order chi connectivity index (χ1) is 16.9. The third kappa shape index (κ3) is 4.29. The Morgan fingerprint density at radius 1 is 1.03 bits per heavy atom. The lowest BCUT2D eigenvalue weighted by atomic mass is 9.95. The Morgan fingerprint density at radius 2 is 1.74 bits per heavy atom. The average molecular weight is 490 g/mol. The van der Waals surface area contributed by atoms with Crippen molar-refractivity contribution in [2.45, 2.75) is 30.8 Å². The van der Waals surface area contributed by atoms with Crippen LogP contribution in [0.4, 0.5) is 17.6 Å². The molecule has 1 aliphatic rings. The molecule has 5 rings (SSSR count). The molecule has 0 saturated carbocycles. The quantitative estimate of drug-likeness (QED) is 0.327. The van der Waals surface area contributed by atoms with Gasteiger partial charge in [0.25, 0.3) is 0 Å². The van der Waals surface area contributed by atoms with E-state index >= 15 is 0 Å². The molecule has 0 amide bonds. The van der Waals surface area contributed by atoms with Crippen LogP contribution in [-0.4, -0.2) is 58.8 Å². The van der Waals surface area contributed by atoms with Crippen LogP contribution >= 0.6 is 0 Å². The van der Waals surface area contributed by atoms with Gasteiger partial charge in [0.15, 0.2) is 23.3 Å². The minimum absolute atomic E-state index is 0.0412. The number of hydrogen-bond donors (Lipinski definition) is 2. The van der Waals surface area contributed by atoms with Gasteiger partial charge in [0, 0.05) is 17.7 Å². The second kappa shape index (κ2) is 9.17. The van der Waals surface area contributed by atoms with Crippen LogP contribution in [0, 0.1) is 23.3 Å². The topological polar surface area (TPSA) is 111 Å². The van der Waals surface area contributed by atoms with Gasteiger partial charge in [0.2, 0.25) is 0 Å². The number of ether oxygens (including phenoxy) is 1. The highest BCUT2D eigenvalue weighted by atomic mass is 19.2. The number of aromatic nitrogens is 6. The third-order valence-electron chi connectivity index (χ3n) is 5.85.